The molecule has 0 amide bonds. The lowest BCUT2D eigenvalue weighted by Gasteiger charge is -2.31. The van der Waals surface area contributed by atoms with Gasteiger partial charge >= 0.3 is 0 Å². The van der Waals surface area contributed by atoms with Gasteiger partial charge in [0.05, 0.1) is 25.5 Å². The van der Waals surface area contributed by atoms with E-state index in [-0.39, 0.29) is 52.6 Å². The number of imidazole rings is 1. The smallest absolute Gasteiger partial charge is 0.283 e. The van der Waals surface area contributed by atoms with Crippen LogP contribution in [-0.4, -0.2) is 66.6 Å². The number of hydrogen-bond donors (Lipinski definition) is 4. The number of nitrogens with zero attached hydrogens (tertiary/aromatic N) is 4. The fourth-order valence-corrected chi connectivity index (χ4v) is 4.36. The van der Waals surface area contributed by atoms with Gasteiger partial charge in [0.2, 0.25) is 5.95 Å². The zero-order chi connectivity index (χ0) is 22.1. The summed E-state index contributed by atoms with van der Waals surface area (Å²) in [6, 6.07) is 0. The molecule has 0 radical (unpaired) electrons. The van der Waals surface area contributed by atoms with Crippen molar-refractivity contribution in [2.75, 3.05) is 19.1 Å². The average molecular weight is 509 g/mol. The normalized spacial score (nSPS) is 22.1. The highest BCUT2D eigenvalue weighted by atomic mass is 79.9. The second-order valence-electron chi connectivity index (χ2n) is 7.52. The van der Waals surface area contributed by atoms with Crippen LogP contribution in [0.1, 0.15) is 20.3 Å². The lowest BCUT2D eigenvalue weighted by molar-refractivity contribution is -0.0820. The maximum atomic E-state index is 13.0. The Labute approximate surface area is 182 Å². The number of anilines is 1. The van der Waals surface area contributed by atoms with Gasteiger partial charge in [-0.05, 0) is 36.2 Å². The molecule has 168 valence electrons. The molecule has 0 spiro atoms. The molecule has 3 unspecified atom stereocenters. The van der Waals surface area contributed by atoms with E-state index in [1.54, 1.807) is 0 Å². The van der Waals surface area contributed by atoms with Gasteiger partial charge in [-0.25, -0.2) is 4.98 Å². The number of rotatable bonds is 8. The van der Waals surface area contributed by atoms with Gasteiger partial charge in [-0.3, -0.25) is 9.36 Å². The van der Waals surface area contributed by atoms with Crippen LogP contribution in [0.15, 0.2) is 9.53 Å². The Balaban J connectivity index is 1.88. The zero-order valence-electron chi connectivity index (χ0n) is 16.6. The first kappa shape index (κ1) is 23.5. The molecule has 3 heterocycles. The molecular weight excluding hydrogens is 483 g/mol. The molecule has 1 aliphatic heterocycles. The summed E-state index contributed by atoms with van der Waals surface area (Å²) in [5.74, 6) is 0.0167. The number of aliphatic hydroxyl groups excluding tert-OH is 2. The van der Waals surface area contributed by atoms with E-state index in [1.165, 1.54) is 9.13 Å². The van der Waals surface area contributed by atoms with Gasteiger partial charge in [0.25, 0.3) is 5.56 Å². The quantitative estimate of drug-likeness (QED) is 0.210. The van der Waals surface area contributed by atoms with Crippen LogP contribution in [0.5, 0.6) is 0 Å². The van der Waals surface area contributed by atoms with E-state index in [0.29, 0.717) is 11.2 Å². The van der Waals surface area contributed by atoms with Gasteiger partial charge in [0.15, 0.2) is 24.9 Å². The highest BCUT2D eigenvalue weighted by Crippen LogP contribution is 2.28. The minimum absolute atomic E-state index is 0.0167. The fourth-order valence-electron chi connectivity index (χ4n) is 3.14. The number of halogens is 1. The van der Waals surface area contributed by atoms with Gasteiger partial charge in [-0.15, -0.1) is 0 Å². The first-order chi connectivity index (χ1) is 14.1. The monoisotopic (exact) mass is 508 g/mol. The summed E-state index contributed by atoms with van der Waals surface area (Å²) >= 11 is 3.30. The Morgan fingerprint density at radius 3 is 2.83 bits per heavy atom. The molecule has 2 aromatic heterocycles. The van der Waals surface area contributed by atoms with Crippen molar-refractivity contribution in [3.8, 4) is 0 Å². The Morgan fingerprint density at radius 1 is 1.43 bits per heavy atom. The van der Waals surface area contributed by atoms with Crippen molar-refractivity contribution in [3.05, 3.63) is 15.1 Å². The molecule has 3 rings (SSSR count). The molecule has 14 heteroatoms. The number of ether oxygens (including phenoxy) is 1. The molecule has 6 N–H and O–H groups in total. The highest BCUT2D eigenvalue weighted by Gasteiger charge is 2.33. The summed E-state index contributed by atoms with van der Waals surface area (Å²) in [6.07, 6.45) is -2.39. The van der Waals surface area contributed by atoms with Crippen LogP contribution in [0, 0.1) is 0 Å². The Morgan fingerprint density at radius 2 is 2.17 bits per heavy atom. The topological polar surface area (TPSA) is 173 Å². The molecule has 30 heavy (non-hydrogen) atoms. The van der Waals surface area contributed by atoms with Crippen molar-refractivity contribution in [3.63, 3.8) is 0 Å². The summed E-state index contributed by atoms with van der Waals surface area (Å²) in [4.78, 5) is 21.5. The summed E-state index contributed by atoms with van der Waals surface area (Å²) in [5, 5.41) is 20.5. The minimum atomic E-state index is -1.08. The Kier molecular flexibility index (Phi) is 7.46. The van der Waals surface area contributed by atoms with Crippen LogP contribution in [0.25, 0.3) is 11.2 Å². The van der Waals surface area contributed by atoms with Gasteiger partial charge < -0.3 is 40.0 Å². The Hall–Kier alpha value is -1.18. The number of nitrogens with two attached hydrogens (primary N) is 2. The molecule has 12 nitrogen and oxygen atoms in total. The summed E-state index contributed by atoms with van der Waals surface area (Å²) in [6.45, 7) is 4.14. The lowest BCUT2D eigenvalue weighted by atomic mass is 10.1. The molecule has 0 saturated carbocycles. The summed E-state index contributed by atoms with van der Waals surface area (Å²) < 4.78 is 19.0. The second kappa shape index (κ2) is 9.53. The zero-order valence-corrected chi connectivity index (χ0v) is 19.2. The maximum Gasteiger partial charge on any atom is 0.283 e. The largest absolute Gasteiger partial charge is 0.388 e. The van der Waals surface area contributed by atoms with Crippen molar-refractivity contribution in [2.45, 2.75) is 57.3 Å². The number of hydrogen-bond acceptors (Lipinski definition) is 10. The Bertz CT molecular complexity index is 952. The first-order valence-corrected chi connectivity index (χ1v) is 10.9. The van der Waals surface area contributed by atoms with E-state index in [4.69, 9.17) is 25.3 Å². The third-order valence-electron chi connectivity index (χ3n) is 4.88. The van der Waals surface area contributed by atoms with E-state index < -0.39 is 29.5 Å². The molecule has 1 aliphatic rings. The molecule has 0 aliphatic carbocycles. The molecule has 1 saturated heterocycles. The molecule has 4 atom stereocenters. The second-order valence-corrected chi connectivity index (χ2v) is 8.92. The number of fused-ring (bicyclic) bond motifs is 1. The minimum Gasteiger partial charge on any atom is -0.388 e. The maximum absolute atomic E-state index is 13.0. The van der Waals surface area contributed by atoms with Gasteiger partial charge in [0, 0.05) is 6.54 Å². The van der Waals surface area contributed by atoms with E-state index in [9.17, 15) is 15.0 Å². The van der Waals surface area contributed by atoms with Crippen LogP contribution in [0.4, 0.5) is 5.95 Å². The highest BCUT2D eigenvalue weighted by molar-refractivity contribution is 9.10. The van der Waals surface area contributed by atoms with Crippen LogP contribution in [0.3, 0.4) is 0 Å². The van der Waals surface area contributed by atoms with Crippen molar-refractivity contribution in [1.82, 2.24) is 19.1 Å². The first-order valence-electron chi connectivity index (χ1n) is 9.29. The average Bonchev–Trinajstić information content (AvgIpc) is 2.97. The van der Waals surface area contributed by atoms with Crippen LogP contribution >= 0.6 is 25.0 Å². The molecule has 0 aromatic carbocycles. The lowest BCUT2D eigenvalue weighted by Crippen LogP contribution is -2.44. The van der Waals surface area contributed by atoms with Gasteiger partial charge in [-0.2, -0.15) is 4.98 Å². The third-order valence-corrected chi connectivity index (χ3v) is 6.13. The van der Waals surface area contributed by atoms with Crippen LogP contribution in [-0.2, 0) is 26.9 Å². The van der Waals surface area contributed by atoms with Crippen molar-refractivity contribution < 1.29 is 24.0 Å². The summed E-state index contributed by atoms with van der Waals surface area (Å²) in [5.41, 5.74) is 10.9. The van der Waals surface area contributed by atoms with Crippen molar-refractivity contribution in [1.29, 1.82) is 0 Å². The van der Waals surface area contributed by atoms with Crippen LogP contribution < -0.4 is 17.0 Å². The van der Waals surface area contributed by atoms with Crippen molar-refractivity contribution in [2.24, 2.45) is 5.73 Å². The van der Waals surface area contributed by atoms with Crippen LogP contribution in [0.2, 0.25) is 0 Å². The van der Waals surface area contributed by atoms with E-state index in [0.717, 1.165) is 0 Å². The molecular formula is C16H26BrN6O6P. The van der Waals surface area contributed by atoms with E-state index >= 15 is 0 Å². The van der Waals surface area contributed by atoms with E-state index in [1.807, 2.05) is 13.8 Å². The number of nitrogen functional groups attached to an aromatic ring is 1. The van der Waals surface area contributed by atoms with E-state index in [2.05, 4.69) is 25.9 Å². The van der Waals surface area contributed by atoms with Crippen molar-refractivity contribution >= 4 is 42.1 Å². The number of aliphatic hydroxyl groups is 2. The molecule has 1 fully saturated rings. The molecule has 0 bridgehead atoms. The summed E-state index contributed by atoms with van der Waals surface area (Å²) in [7, 11) is -0.267. The third kappa shape index (κ3) is 5.00. The fraction of sp³-hybridized carbons (Fsp3) is 0.688. The predicted octanol–water partition coefficient (Wildman–Crippen LogP) is -0.315. The standard InChI is InChI=1S/C16H26BrN6O6P/c1-16(2,27-7-18)3-4-22-13(26)10-12(21-15(22)19)23(14(17)20-10)5-8(24)11-9(25)6-28-30-29-11/h8-9,11,24-25,30H,3-7,18H2,1-2H3,(H2,19,21)/t8-,9?,11?/m1/s1. The SMILES string of the molecule is CC(C)(CCn1c(N)nc2c(nc(Br)n2C[C@@H](O)C2OPOCC2O)c1=O)OCN. The number of aromatic nitrogens is 4. The predicted molar refractivity (Wildman–Crippen MR) is 114 cm³/mol. The molecule has 2 aromatic rings. The van der Waals surface area contributed by atoms with Gasteiger partial charge in [0.1, 0.15) is 18.3 Å². The van der Waals surface area contributed by atoms with Gasteiger partial charge in [-0.1, -0.05) is 0 Å².